The van der Waals surface area contributed by atoms with Crippen LogP contribution in [0, 0.1) is 9.39 Å². The number of hydrogen-bond donors (Lipinski definition) is 2. The number of methoxy groups -OCH3 is 1. The van der Waals surface area contributed by atoms with Crippen LogP contribution in [0.5, 0.6) is 5.75 Å². The van der Waals surface area contributed by atoms with Gasteiger partial charge in [-0.05, 0) is 64.0 Å². The highest BCUT2D eigenvalue weighted by atomic mass is 127. The van der Waals surface area contributed by atoms with Crippen LogP contribution in [0.15, 0.2) is 40.9 Å². The highest BCUT2D eigenvalue weighted by Crippen LogP contribution is 2.30. The lowest BCUT2D eigenvalue weighted by molar-refractivity contribution is 0.385. The summed E-state index contributed by atoms with van der Waals surface area (Å²) >= 11 is 5.67. The van der Waals surface area contributed by atoms with Gasteiger partial charge in [0, 0.05) is 8.04 Å². The summed E-state index contributed by atoms with van der Waals surface area (Å²) in [6.07, 6.45) is 0. The van der Waals surface area contributed by atoms with E-state index in [1.54, 1.807) is 12.1 Å². The van der Waals surface area contributed by atoms with E-state index in [0.717, 1.165) is 19.2 Å². The largest absolute Gasteiger partial charge is 0.494 e. The molecule has 0 aliphatic rings. The Hall–Kier alpha value is -0.700. The van der Waals surface area contributed by atoms with Crippen molar-refractivity contribution in [1.29, 1.82) is 0 Å². The molecule has 3 nitrogen and oxygen atoms in total. The van der Waals surface area contributed by atoms with Crippen molar-refractivity contribution in [2.45, 2.75) is 6.04 Å². The van der Waals surface area contributed by atoms with Crippen molar-refractivity contribution in [3.8, 4) is 5.75 Å². The molecule has 0 aromatic heterocycles. The summed E-state index contributed by atoms with van der Waals surface area (Å²) in [5, 5.41) is 0. The predicted molar refractivity (Wildman–Crippen MR) is 89.0 cm³/mol. The number of nitrogens with two attached hydrogens (primary N) is 1. The lowest BCUT2D eigenvalue weighted by Gasteiger charge is -2.19. The van der Waals surface area contributed by atoms with Crippen LogP contribution in [0.1, 0.15) is 17.2 Å². The Bertz CT molecular complexity index is 624. The number of ether oxygens (including phenoxy) is 1. The average molecular weight is 451 g/mol. The Kier molecular flexibility index (Phi) is 5.36. The minimum Gasteiger partial charge on any atom is -0.494 e. The maximum absolute atomic E-state index is 13.8. The fourth-order valence-electron chi connectivity index (χ4n) is 1.96. The maximum atomic E-state index is 13.8. The van der Waals surface area contributed by atoms with E-state index in [-0.39, 0.29) is 11.8 Å². The van der Waals surface area contributed by atoms with Crippen molar-refractivity contribution in [3.63, 3.8) is 0 Å². The highest BCUT2D eigenvalue weighted by molar-refractivity contribution is 14.1. The number of rotatable bonds is 4. The Balaban J connectivity index is 2.46. The van der Waals surface area contributed by atoms with Crippen molar-refractivity contribution in [1.82, 2.24) is 5.43 Å². The number of benzene rings is 2. The first-order chi connectivity index (χ1) is 9.56. The molecule has 2 rings (SSSR count). The lowest BCUT2D eigenvalue weighted by atomic mass is 9.99. The average Bonchev–Trinajstić information content (AvgIpc) is 2.44. The van der Waals surface area contributed by atoms with E-state index in [0.29, 0.717) is 0 Å². The summed E-state index contributed by atoms with van der Waals surface area (Å²) in [6.45, 7) is 0. The fraction of sp³-hybridized carbons (Fsp3) is 0.143. The van der Waals surface area contributed by atoms with Crippen LogP contribution in [0.25, 0.3) is 0 Å². The quantitative estimate of drug-likeness (QED) is 0.423. The summed E-state index contributed by atoms with van der Waals surface area (Å²) in [6, 6.07) is 10.4. The van der Waals surface area contributed by atoms with Crippen molar-refractivity contribution < 1.29 is 9.13 Å². The third kappa shape index (κ3) is 3.30. The van der Waals surface area contributed by atoms with Crippen LogP contribution in [0.2, 0.25) is 0 Å². The van der Waals surface area contributed by atoms with Crippen LogP contribution in [-0.4, -0.2) is 7.11 Å². The highest BCUT2D eigenvalue weighted by Gasteiger charge is 2.17. The Morgan fingerprint density at radius 3 is 2.65 bits per heavy atom. The molecule has 0 heterocycles. The monoisotopic (exact) mass is 450 g/mol. The van der Waals surface area contributed by atoms with Crippen LogP contribution in [-0.2, 0) is 0 Å². The molecule has 2 aromatic rings. The van der Waals surface area contributed by atoms with Gasteiger partial charge >= 0.3 is 0 Å². The van der Waals surface area contributed by atoms with Gasteiger partial charge in [-0.3, -0.25) is 5.84 Å². The molecule has 0 aliphatic heterocycles. The van der Waals surface area contributed by atoms with Gasteiger partial charge in [0.2, 0.25) is 0 Å². The molecule has 106 valence electrons. The van der Waals surface area contributed by atoms with Crippen LogP contribution >= 0.6 is 38.5 Å². The van der Waals surface area contributed by atoms with Gasteiger partial charge < -0.3 is 4.74 Å². The molecule has 1 unspecified atom stereocenters. The van der Waals surface area contributed by atoms with Gasteiger partial charge in [0.15, 0.2) is 11.6 Å². The second-order valence-electron chi connectivity index (χ2n) is 4.16. The van der Waals surface area contributed by atoms with Gasteiger partial charge in [-0.25, -0.2) is 9.82 Å². The van der Waals surface area contributed by atoms with Crippen molar-refractivity contribution in [2.24, 2.45) is 5.84 Å². The van der Waals surface area contributed by atoms with Crippen LogP contribution in [0.3, 0.4) is 0 Å². The van der Waals surface area contributed by atoms with E-state index in [1.165, 1.54) is 13.2 Å². The summed E-state index contributed by atoms with van der Waals surface area (Å²) in [7, 11) is 1.44. The normalized spacial score (nSPS) is 12.2. The van der Waals surface area contributed by atoms with E-state index in [1.807, 2.05) is 18.2 Å². The van der Waals surface area contributed by atoms with Gasteiger partial charge in [0.1, 0.15) is 0 Å². The maximum Gasteiger partial charge on any atom is 0.165 e. The second kappa shape index (κ2) is 6.84. The Labute approximate surface area is 138 Å². The zero-order chi connectivity index (χ0) is 14.7. The van der Waals surface area contributed by atoms with Crippen LogP contribution < -0.4 is 16.0 Å². The number of hydrogen-bond acceptors (Lipinski definition) is 3. The number of hydrazine groups is 1. The first-order valence-electron chi connectivity index (χ1n) is 5.81. The first-order valence-corrected chi connectivity index (χ1v) is 7.68. The molecule has 20 heavy (non-hydrogen) atoms. The third-order valence-corrected chi connectivity index (χ3v) is 4.42. The van der Waals surface area contributed by atoms with Crippen molar-refractivity contribution in [3.05, 3.63) is 61.4 Å². The van der Waals surface area contributed by atoms with Crippen molar-refractivity contribution in [2.75, 3.05) is 7.11 Å². The Morgan fingerprint density at radius 2 is 2.05 bits per heavy atom. The minimum absolute atomic E-state index is 0.216. The Morgan fingerprint density at radius 1 is 1.30 bits per heavy atom. The summed E-state index contributed by atoms with van der Waals surface area (Å²) in [5.41, 5.74) is 4.45. The molecule has 0 amide bonds. The van der Waals surface area contributed by atoms with E-state index in [4.69, 9.17) is 10.6 Å². The van der Waals surface area contributed by atoms with Crippen molar-refractivity contribution >= 4 is 38.5 Å². The molecule has 0 spiro atoms. The molecule has 6 heteroatoms. The molecule has 3 N–H and O–H groups in total. The molecule has 0 fully saturated rings. The molecular weight excluding hydrogens is 438 g/mol. The third-order valence-electron chi connectivity index (χ3n) is 2.94. The summed E-state index contributed by atoms with van der Waals surface area (Å²) in [4.78, 5) is 0. The van der Waals surface area contributed by atoms with E-state index >= 15 is 0 Å². The van der Waals surface area contributed by atoms with Crippen LogP contribution in [0.4, 0.5) is 4.39 Å². The number of halogens is 3. The number of nitrogens with one attached hydrogen (secondary N) is 1. The first kappa shape index (κ1) is 15.7. The topological polar surface area (TPSA) is 47.3 Å². The van der Waals surface area contributed by atoms with E-state index in [2.05, 4.69) is 43.9 Å². The SMILES string of the molecule is COc1ccc(C(NN)c2cc(Br)ccc2I)cc1F. The van der Waals surface area contributed by atoms with Gasteiger partial charge in [-0.15, -0.1) is 0 Å². The van der Waals surface area contributed by atoms with Gasteiger partial charge in [0.05, 0.1) is 13.2 Å². The summed E-state index contributed by atoms with van der Waals surface area (Å²) in [5.74, 6) is 5.46. The zero-order valence-corrected chi connectivity index (χ0v) is 14.4. The van der Waals surface area contributed by atoms with E-state index in [9.17, 15) is 4.39 Å². The molecule has 0 radical (unpaired) electrons. The molecule has 1 atom stereocenters. The van der Waals surface area contributed by atoms with E-state index < -0.39 is 5.82 Å². The second-order valence-corrected chi connectivity index (χ2v) is 6.24. The standard InChI is InChI=1S/C14H13BrFIN2O/c1-20-13-5-2-8(6-11(13)16)14(19-18)10-7-9(15)3-4-12(10)17/h2-7,14,19H,18H2,1H3. The minimum atomic E-state index is -0.407. The molecular formula is C14H13BrFIN2O. The fourth-order valence-corrected chi connectivity index (χ4v) is 2.99. The van der Waals surface area contributed by atoms with Gasteiger partial charge in [0.25, 0.3) is 0 Å². The lowest BCUT2D eigenvalue weighted by Crippen LogP contribution is -2.29. The molecule has 0 aliphatic carbocycles. The molecule has 0 saturated heterocycles. The predicted octanol–water partition coefficient (Wildman–Crippen LogP) is 3.75. The van der Waals surface area contributed by atoms with Gasteiger partial charge in [-0.2, -0.15) is 0 Å². The zero-order valence-electron chi connectivity index (χ0n) is 10.7. The molecule has 0 bridgehead atoms. The van der Waals surface area contributed by atoms with Gasteiger partial charge in [-0.1, -0.05) is 22.0 Å². The summed E-state index contributed by atoms with van der Waals surface area (Å²) < 4.78 is 20.8. The smallest absolute Gasteiger partial charge is 0.165 e. The molecule has 0 saturated carbocycles. The molecule has 2 aromatic carbocycles.